The molecule has 0 spiro atoms. The van der Waals surface area contributed by atoms with E-state index in [0.29, 0.717) is 6.54 Å². The molecule has 0 atom stereocenters. The van der Waals surface area contributed by atoms with Gasteiger partial charge in [-0.3, -0.25) is 4.57 Å². The highest BCUT2D eigenvalue weighted by Crippen LogP contribution is 2.25. The molecule has 0 unspecified atom stereocenters. The minimum atomic E-state index is 0.520. The van der Waals surface area contributed by atoms with Crippen molar-refractivity contribution in [2.75, 3.05) is 0 Å². The SMILES string of the molecule is Cc1ncn(-c2nc3c(cc2CN)CCC3)c1C. The zero-order chi connectivity index (χ0) is 12.7. The lowest BCUT2D eigenvalue weighted by atomic mass is 10.1. The fourth-order valence-corrected chi connectivity index (χ4v) is 2.58. The molecule has 0 aliphatic heterocycles. The van der Waals surface area contributed by atoms with Crippen molar-refractivity contribution in [1.82, 2.24) is 14.5 Å². The number of fused-ring (bicyclic) bond motifs is 1. The van der Waals surface area contributed by atoms with Crippen molar-refractivity contribution in [2.24, 2.45) is 5.73 Å². The van der Waals surface area contributed by atoms with Gasteiger partial charge in [-0.2, -0.15) is 0 Å². The maximum Gasteiger partial charge on any atom is 0.142 e. The third-order valence-corrected chi connectivity index (χ3v) is 3.81. The summed E-state index contributed by atoms with van der Waals surface area (Å²) in [5.74, 6) is 0.955. The molecule has 0 bridgehead atoms. The summed E-state index contributed by atoms with van der Waals surface area (Å²) < 4.78 is 2.05. The van der Waals surface area contributed by atoms with Crippen molar-refractivity contribution in [2.45, 2.75) is 39.7 Å². The van der Waals surface area contributed by atoms with Crippen LogP contribution < -0.4 is 5.73 Å². The summed E-state index contributed by atoms with van der Waals surface area (Å²) in [7, 11) is 0. The predicted octanol–water partition coefficient (Wildman–Crippen LogP) is 1.83. The van der Waals surface area contributed by atoms with Crippen molar-refractivity contribution in [3.05, 3.63) is 40.6 Å². The zero-order valence-corrected chi connectivity index (χ0v) is 10.9. The predicted molar refractivity (Wildman–Crippen MR) is 70.7 cm³/mol. The van der Waals surface area contributed by atoms with Crippen LogP contribution in [0.3, 0.4) is 0 Å². The van der Waals surface area contributed by atoms with Crippen molar-refractivity contribution >= 4 is 0 Å². The Bertz CT molecular complexity index is 598. The molecule has 2 aromatic rings. The smallest absolute Gasteiger partial charge is 0.142 e. The molecule has 0 saturated heterocycles. The average Bonchev–Trinajstić information content (AvgIpc) is 2.95. The molecule has 94 valence electrons. The van der Waals surface area contributed by atoms with Crippen LogP contribution in [0.2, 0.25) is 0 Å². The molecular weight excluding hydrogens is 224 g/mol. The fraction of sp³-hybridized carbons (Fsp3) is 0.429. The maximum absolute atomic E-state index is 5.87. The third kappa shape index (κ3) is 1.64. The first-order valence-electron chi connectivity index (χ1n) is 6.43. The number of nitrogens with zero attached hydrogens (tertiary/aromatic N) is 3. The molecule has 2 heterocycles. The molecular formula is C14H18N4. The second-order valence-corrected chi connectivity index (χ2v) is 4.92. The highest BCUT2D eigenvalue weighted by molar-refractivity contribution is 5.42. The van der Waals surface area contributed by atoms with Gasteiger partial charge >= 0.3 is 0 Å². The summed E-state index contributed by atoms with van der Waals surface area (Å²) in [6, 6.07) is 2.22. The normalized spacial score (nSPS) is 13.9. The van der Waals surface area contributed by atoms with Gasteiger partial charge in [-0.15, -0.1) is 0 Å². The van der Waals surface area contributed by atoms with E-state index < -0.39 is 0 Å². The second-order valence-electron chi connectivity index (χ2n) is 4.92. The quantitative estimate of drug-likeness (QED) is 0.874. The van der Waals surface area contributed by atoms with Crippen LogP contribution in [0.4, 0.5) is 0 Å². The summed E-state index contributed by atoms with van der Waals surface area (Å²) in [6.07, 6.45) is 5.27. The Morgan fingerprint density at radius 2 is 2.17 bits per heavy atom. The van der Waals surface area contributed by atoms with E-state index in [2.05, 4.69) is 22.5 Å². The van der Waals surface area contributed by atoms with E-state index in [4.69, 9.17) is 10.7 Å². The summed E-state index contributed by atoms with van der Waals surface area (Å²) in [5.41, 5.74) is 11.7. The van der Waals surface area contributed by atoms with Crippen LogP contribution in [0, 0.1) is 13.8 Å². The van der Waals surface area contributed by atoms with Gasteiger partial charge in [-0.05, 0) is 44.7 Å². The van der Waals surface area contributed by atoms with E-state index in [0.717, 1.165) is 35.6 Å². The first kappa shape index (κ1) is 11.4. The Labute approximate surface area is 107 Å². The highest BCUT2D eigenvalue weighted by Gasteiger charge is 2.17. The molecule has 0 amide bonds. The molecule has 0 radical (unpaired) electrons. The first-order chi connectivity index (χ1) is 8.70. The van der Waals surface area contributed by atoms with Crippen LogP contribution in [0.5, 0.6) is 0 Å². The van der Waals surface area contributed by atoms with Crippen LogP contribution in [0.15, 0.2) is 12.4 Å². The minimum Gasteiger partial charge on any atom is -0.326 e. The van der Waals surface area contributed by atoms with Crippen LogP contribution in [-0.4, -0.2) is 14.5 Å². The molecule has 1 aliphatic carbocycles. The number of aromatic nitrogens is 3. The molecule has 0 fully saturated rings. The summed E-state index contributed by atoms with van der Waals surface area (Å²) in [4.78, 5) is 9.16. The zero-order valence-electron chi connectivity index (χ0n) is 10.9. The number of hydrogen-bond donors (Lipinski definition) is 1. The van der Waals surface area contributed by atoms with Crippen molar-refractivity contribution in [1.29, 1.82) is 0 Å². The van der Waals surface area contributed by atoms with Crippen LogP contribution in [-0.2, 0) is 19.4 Å². The van der Waals surface area contributed by atoms with Crippen molar-refractivity contribution < 1.29 is 0 Å². The van der Waals surface area contributed by atoms with Gasteiger partial charge in [0.2, 0.25) is 0 Å². The maximum atomic E-state index is 5.87. The Morgan fingerprint density at radius 3 is 2.83 bits per heavy atom. The van der Waals surface area contributed by atoms with E-state index in [-0.39, 0.29) is 0 Å². The van der Waals surface area contributed by atoms with Crippen LogP contribution >= 0.6 is 0 Å². The molecule has 4 nitrogen and oxygen atoms in total. The van der Waals surface area contributed by atoms with Gasteiger partial charge in [0, 0.05) is 23.5 Å². The first-order valence-corrected chi connectivity index (χ1v) is 6.43. The number of imidazole rings is 1. The Balaban J connectivity index is 2.19. The van der Waals surface area contributed by atoms with E-state index in [1.807, 2.05) is 13.3 Å². The second kappa shape index (κ2) is 4.21. The third-order valence-electron chi connectivity index (χ3n) is 3.81. The van der Waals surface area contributed by atoms with Crippen molar-refractivity contribution in [3.63, 3.8) is 0 Å². The molecule has 2 aromatic heterocycles. The molecule has 2 N–H and O–H groups in total. The van der Waals surface area contributed by atoms with Gasteiger partial charge in [0.1, 0.15) is 12.1 Å². The van der Waals surface area contributed by atoms with E-state index in [9.17, 15) is 0 Å². The molecule has 1 aliphatic rings. The summed E-state index contributed by atoms with van der Waals surface area (Å²) in [6.45, 7) is 4.60. The van der Waals surface area contributed by atoms with Gasteiger partial charge in [0.15, 0.2) is 0 Å². The lowest BCUT2D eigenvalue weighted by Crippen LogP contribution is -2.09. The van der Waals surface area contributed by atoms with E-state index in [1.165, 1.54) is 17.7 Å². The van der Waals surface area contributed by atoms with Gasteiger partial charge in [-0.1, -0.05) is 0 Å². The Kier molecular flexibility index (Phi) is 2.67. The van der Waals surface area contributed by atoms with Gasteiger partial charge in [0.05, 0.1) is 5.69 Å². The van der Waals surface area contributed by atoms with E-state index in [1.54, 1.807) is 0 Å². The molecule has 0 saturated carbocycles. The highest BCUT2D eigenvalue weighted by atomic mass is 15.1. The van der Waals surface area contributed by atoms with Crippen LogP contribution in [0.1, 0.15) is 34.6 Å². The summed E-state index contributed by atoms with van der Waals surface area (Å²) >= 11 is 0. The number of hydrogen-bond acceptors (Lipinski definition) is 3. The van der Waals surface area contributed by atoms with Crippen LogP contribution in [0.25, 0.3) is 5.82 Å². The molecule has 0 aromatic carbocycles. The number of rotatable bonds is 2. The van der Waals surface area contributed by atoms with Crippen molar-refractivity contribution in [3.8, 4) is 5.82 Å². The molecule has 4 heteroatoms. The van der Waals surface area contributed by atoms with E-state index >= 15 is 0 Å². The van der Waals surface area contributed by atoms with Gasteiger partial charge in [-0.25, -0.2) is 9.97 Å². The number of aryl methyl sites for hydroxylation is 3. The molecule has 3 rings (SSSR count). The monoisotopic (exact) mass is 242 g/mol. The topological polar surface area (TPSA) is 56.7 Å². The molecule has 18 heavy (non-hydrogen) atoms. The van der Waals surface area contributed by atoms with Gasteiger partial charge in [0.25, 0.3) is 0 Å². The average molecular weight is 242 g/mol. The standard InChI is InChI=1S/C14H18N4/c1-9-10(2)18(8-16-9)14-12(7-15)6-11-4-3-5-13(11)17-14/h6,8H,3-5,7,15H2,1-2H3. The summed E-state index contributed by atoms with van der Waals surface area (Å²) in [5, 5.41) is 0. The fourth-order valence-electron chi connectivity index (χ4n) is 2.58. The lowest BCUT2D eigenvalue weighted by Gasteiger charge is -2.12. The lowest BCUT2D eigenvalue weighted by molar-refractivity contribution is 0.872. The minimum absolute atomic E-state index is 0.520. The number of nitrogens with two attached hydrogens (primary N) is 1. The Morgan fingerprint density at radius 1 is 1.33 bits per heavy atom. The largest absolute Gasteiger partial charge is 0.326 e. The van der Waals surface area contributed by atoms with Gasteiger partial charge < -0.3 is 5.73 Å². The number of pyridine rings is 1. The Hall–Kier alpha value is -1.68.